The molecule has 0 radical (unpaired) electrons. The molecule has 1 aromatic carbocycles. The number of benzene rings is 1. The lowest BCUT2D eigenvalue weighted by atomic mass is 10.2. The minimum absolute atomic E-state index is 0.119. The molecule has 3 heterocycles. The minimum Gasteiger partial charge on any atom is -0.353 e. The smallest absolute Gasteiger partial charge is 0.255 e. The molecule has 160 valence electrons. The number of sulfonamides is 1. The fourth-order valence-corrected chi connectivity index (χ4v) is 5.91. The molecule has 2 aliphatic rings. The van der Waals surface area contributed by atoms with Gasteiger partial charge in [0, 0.05) is 49.9 Å². The van der Waals surface area contributed by atoms with Crippen LogP contribution in [-0.2, 0) is 10.0 Å². The predicted molar refractivity (Wildman–Crippen MR) is 119 cm³/mol. The number of rotatable bonds is 4. The van der Waals surface area contributed by atoms with E-state index in [4.69, 9.17) is 0 Å². The van der Waals surface area contributed by atoms with Crippen molar-refractivity contribution >= 4 is 37.7 Å². The maximum Gasteiger partial charge on any atom is 0.255 e. The fourth-order valence-electron chi connectivity index (χ4n) is 3.98. The highest BCUT2D eigenvalue weighted by molar-refractivity contribution is 9.10. The van der Waals surface area contributed by atoms with Crippen molar-refractivity contribution in [3.8, 4) is 0 Å². The molecule has 0 atom stereocenters. The summed E-state index contributed by atoms with van der Waals surface area (Å²) in [5.41, 5.74) is 0.262. The zero-order valence-electron chi connectivity index (χ0n) is 16.7. The second kappa shape index (κ2) is 9.03. The zero-order chi connectivity index (χ0) is 21.1. The summed E-state index contributed by atoms with van der Waals surface area (Å²) in [6.07, 6.45) is 4.53. The van der Waals surface area contributed by atoms with Crippen LogP contribution in [0.3, 0.4) is 0 Å². The van der Waals surface area contributed by atoms with Gasteiger partial charge in [0.1, 0.15) is 5.82 Å². The van der Waals surface area contributed by atoms with E-state index in [1.54, 1.807) is 35.4 Å². The van der Waals surface area contributed by atoms with Crippen LogP contribution in [0, 0.1) is 0 Å². The van der Waals surface area contributed by atoms with Gasteiger partial charge in [0.25, 0.3) is 5.91 Å². The van der Waals surface area contributed by atoms with Crippen LogP contribution >= 0.6 is 15.9 Å². The third-order valence-electron chi connectivity index (χ3n) is 5.65. The topological polar surface area (TPSA) is 73.8 Å². The number of piperazine rings is 1. The number of halogens is 1. The van der Waals surface area contributed by atoms with Gasteiger partial charge in [0.05, 0.1) is 10.5 Å². The van der Waals surface area contributed by atoms with Gasteiger partial charge in [-0.1, -0.05) is 18.6 Å². The molecular weight excluding hydrogens is 468 g/mol. The molecular formula is C21H25BrN4O3S. The highest BCUT2D eigenvalue weighted by atomic mass is 79.9. The summed E-state index contributed by atoms with van der Waals surface area (Å²) in [6.45, 7) is 3.39. The second-order valence-corrected chi connectivity index (χ2v) is 10.4. The molecule has 30 heavy (non-hydrogen) atoms. The van der Waals surface area contributed by atoms with Crippen LogP contribution in [-0.4, -0.2) is 67.8 Å². The number of piperidine rings is 1. The first-order valence-electron chi connectivity index (χ1n) is 10.2. The highest BCUT2D eigenvalue weighted by Crippen LogP contribution is 2.25. The Labute approximate surface area is 185 Å². The Morgan fingerprint density at radius 1 is 0.900 bits per heavy atom. The van der Waals surface area contributed by atoms with Crippen LogP contribution in [0.1, 0.15) is 29.6 Å². The van der Waals surface area contributed by atoms with Gasteiger partial charge in [-0.3, -0.25) is 4.79 Å². The van der Waals surface area contributed by atoms with Gasteiger partial charge >= 0.3 is 0 Å². The standard InChI is InChI=1S/C21H25BrN4O3S/c22-17-8-9-20(23-16-17)24-12-14-25(15-13-24)21(27)18-6-2-3-7-19(18)30(28,29)26-10-4-1-5-11-26/h2-3,6-9,16H,1,4-5,10-15H2. The Bertz CT molecular complexity index is 999. The van der Waals surface area contributed by atoms with Gasteiger partial charge in [-0.15, -0.1) is 0 Å². The molecule has 0 aliphatic carbocycles. The van der Waals surface area contributed by atoms with Crippen molar-refractivity contribution in [2.75, 3.05) is 44.2 Å². The van der Waals surface area contributed by atoms with Gasteiger partial charge in [0.2, 0.25) is 10.0 Å². The number of hydrogen-bond donors (Lipinski definition) is 0. The van der Waals surface area contributed by atoms with E-state index >= 15 is 0 Å². The largest absolute Gasteiger partial charge is 0.353 e. The molecule has 0 saturated carbocycles. The lowest BCUT2D eigenvalue weighted by molar-refractivity contribution is 0.0742. The summed E-state index contributed by atoms with van der Waals surface area (Å²) in [7, 11) is -3.67. The average Bonchev–Trinajstić information content (AvgIpc) is 2.80. The first-order valence-corrected chi connectivity index (χ1v) is 12.4. The van der Waals surface area contributed by atoms with Crippen molar-refractivity contribution in [1.82, 2.24) is 14.2 Å². The van der Waals surface area contributed by atoms with E-state index in [0.29, 0.717) is 39.3 Å². The second-order valence-electron chi connectivity index (χ2n) is 7.57. The van der Waals surface area contributed by atoms with Crippen molar-refractivity contribution in [3.63, 3.8) is 0 Å². The molecule has 0 unspecified atom stereocenters. The molecule has 1 aromatic heterocycles. The first kappa shape index (κ1) is 21.3. The van der Waals surface area contributed by atoms with Gasteiger partial charge in [0.15, 0.2) is 0 Å². The number of hydrogen-bond acceptors (Lipinski definition) is 5. The summed E-state index contributed by atoms with van der Waals surface area (Å²) in [4.78, 5) is 21.6. The van der Waals surface area contributed by atoms with E-state index in [2.05, 4.69) is 25.8 Å². The molecule has 0 N–H and O–H groups in total. The van der Waals surface area contributed by atoms with Crippen LogP contribution in [0.15, 0.2) is 52.0 Å². The predicted octanol–water partition coefficient (Wildman–Crippen LogP) is 2.98. The maximum atomic E-state index is 13.2. The molecule has 2 aromatic rings. The third kappa shape index (κ3) is 4.38. The minimum atomic E-state index is -3.67. The number of anilines is 1. The molecule has 2 fully saturated rings. The number of aromatic nitrogens is 1. The summed E-state index contributed by atoms with van der Waals surface area (Å²) in [5, 5.41) is 0. The Morgan fingerprint density at radius 2 is 1.60 bits per heavy atom. The van der Waals surface area contributed by atoms with Gasteiger partial charge in [-0.05, 0) is 53.0 Å². The molecule has 7 nitrogen and oxygen atoms in total. The summed E-state index contributed by atoms with van der Waals surface area (Å²) >= 11 is 3.39. The average molecular weight is 493 g/mol. The van der Waals surface area contributed by atoms with Crippen molar-refractivity contribution in [1.29, 1.82) is 0 Å². The maximum absolute atomic E-state index is 13.2. The lowest BCUT2D eigenvalue weighted by Crippen LogP contribution is -2.49. The molecule has 2 aliphatic heterocycles. The van der Waals surface area contributed by atoms with E-state index in [9.17, 15) is 13.2 Å². The first-order chi connectivity index (χ1) is 14.5. The van der Waals surface area contributed by atoms with E-state index in [0.717, 1.165) is 29.6 Å². The molecule has 0 spiro atoms. The molecule has 0 bridgehead atoms. The summed E-state index contributed by atoms with van der Waals surface area (Å²) in [6, 6.07) is 10.5. The molecule has 4 rings (SSSR count). The van der Waals surface area contributed by atoms with Crippen molar-refractivity contribution < 1.29 is 13.2 Å². The van der Waals surface area contributed by atoms with Crippen LogP contribution in [0.2, 0.25) is 0 Å². The van der Waals surface area contributed by atoms with Gasteiger partial charge in [-0.25, -0.2) is 13.4 Å². The Balaban J connectivity index is 1.50. The quantitative estimate of drug-likeness (QED) is 0.655. The van der Waals surface area contributed by atoms with Crippen molar-refractivity contribution in [3.05, 3.63) is 52.6 Å². The molecule has 9 heteroatoms. The monoisotopic (exact) mass is 492 g/mol. The van der Waals surface area contributed by atoms with Gasteiger partial charge < -0.3 is 9.80 Å². The van der Waals surface area contributed by atoms with Crippen molar-refractivity contribution in [2.24, 2.45) is 0 Å². The number of pyridine rings is 1. The van der Waals surface area contributed by atoms with Crippen LogP contribution in [0.25, 0.3) is 0 Å². The fraction of sp³-hybridized carbons (Fsp3) is 0.429. The Hall–Kier alpha value is -1.97. The van der Waals surface area contributed by atoms with Crippen molar-refractivity contribution in [2.45, 2.75) is 24.2 Å². The number of carbonyl (C=O) groups is 1. The summed E-state index contributed by atoms with van der Waals surface area (Å²) < 4.78 is 28.8. The number of carbonyl (C=O) groups excluding carboxylic acids is 1. The van der Waals surface area contributed by atoms with E-state index in [-0.39, 0.29) is 16.4 Å². The van der Waals surface area contributed by atoms with E-state index < -0.39 is 10.0 Å². The van der Waals surface area contributed by atoms with Gasteiger partial charge in [-0.2, -0.15) is 4.31 Å². The highest BCUT2D eigenvalue weighted by Gasteiger charge is 2.32. The molecule has 2 saturated heterocycles. The number of nitrogens with zero attached hydrogens (tertiary/aromatic N) is 4. The molecule has 1 amide bonds. The summed E-state index contributed by atoms with van der Waals surface area (Å²) in [5.74, 6) is 0.646. The lowest BCUT2D eigenvalue weighted by Gasteiger charge is -2.36. The third-order valence-corrected chi connectivity index (χ3v) is 8.08. The SMILES string of the molecule is O=C(c1ccccc1S(=O)(=O)N1CCCCC1)N1CCN(c2ccc(Br)cn2)CC1. The normalized spacial score (nSPS) is 18.4. The van der Waals surface area contributed by atoms with Crippen LogP contribution < -0.4 is 4.90 Å². The van der Waals surface area contributed by atoms with Crippen LogP contribution in [0.4, 0.5) is 5.82 Å². The van der Waals surface area contributed by atoms with Crippen LogP contribution in [0.5, 0.6) is 0 Å². The Kier molecular flexibility index (Phi) is 6.40. The number of amides is 1. The Morgan fingerprint density at radius 3 is 2.27 bits per heavy atom. The van der Waals surface area contributed by atoms with E-state index in [1.807, 2.05) is 12.1 Å². The zero-order valence-corrected chi connectivity index (χ0v) is 19.1. The van der Waals surface area contributed by atoms with E-state index in [1.165, 1.54) is 4.31 Å².